The van der Waals surface area contributed by atoms with Gasteiger partial charge in [0.15, 0.2) is 0 Å². The number of nitrogens with zero attached hydrogens (tertiary/aromatic N) is 3. The zero-order valence-corrected chi connectivity index (χ0v) is 17.7. The summed E-state index contributed by atoms with van der Waals surface area (Å²) in [5.74, 6) is 0.0444. The Kier molecular flexibility index (Phi) is 6.60. The van der Waals surface area contributed by atoms with Crippen LogP contribution in [-0.2, 0) is 16.1 Å². The third-order valence-electron chi connectivity index (χ3n) is 5.82. The highest BCUT2D eigenvalue weighted by molar-refractivity contribution is 7.15. The second kappa shape index (κ2) is 9.34. The maximum Gasteiger partial charge on any atom is 0.239 e. The average molecular weight is 418 g/mol. The summed E-state index contributed by atoms with van der Waals surface area (Å²) >= 11 is 1.66. The number of halogens is 1. The van der Waals surface area contributed by atoms with Gasteiger partial charge in [-0.25, -0.2) is 4.39 Å². The van der Waals surface area contributed by atoms with Gasteiger partial charge in [0, 0.05) is 61.1 Å². The van der Waals surface area contributed by atoms with E-state index < -0.39 is 0 Å². The van der Waals surface area contributed by atoms with Gasteiger partial charge in [-0.2, -0.15) is 0 Å². The number of carbonyl (C=O) groups excluding carboxylic acids is 1. The van der Waals surface area contributed by atoms with E-state index in [1.165, 1.54) is 10.9 Å². The lowest BCUT2D eigenvalue weighted by Crippen LogP contribution is -2.55. The van der Waals surface area contributed by atoms with Crippen LogP contribution in [0, 0.1) is 5.82 Å². The summed E-state index contributed by atoms with van der Waals surface area (Å²) in [6.45, 7) is 9.24. The lowest BCUT2D eigenvalue weighted by molar-refractivity contribution is -0.141. The minimum absolute atomic E-state index is 0.0790. The molecular weight excluding hydrogens is 389 g/mol. The summed E-state index contributed by atoms with van der Waals surface area (Å²) in [6, 6.07) is 11.0. The number of thiophene rings is 1. The summed E-state index contributed by atoms with van der Waals surface area (Å²) < 4.78 is 19.4. The molecule has 0 spiro atoms. The summed E-state index contributed by atoms with van der Waals surface area (Å²) in [5, 5.41) is 0. The Morgan fingerprint density at radius 2 is 1.79 bits per heavy atom. The van der Waals surface area contributed by atoms with Gasteiger partial charge in [-0.3, -0.25) is 14.6 Å². The highest BCUT2D eigenvalue weighted by atomic mass is 32.1. The van der Waals surface area contributed by atoms with Crippen molar-refractivity contribution < 1.29 is 13.9 Å². The maximum absolute atomic E-state index is 14.0. The van der Waals surface area contributed by atoms with Crippen LogP contribution < -0.4 is 0 Å². The van der Waals surface area contributed by atoms with Gasteiger partial charge in [0.1, 0.15) is 5.82 Å². The molecule has 0 N–H and O–H groups in total. The van der Waals surface area contributed by atoms with Crippen molar-refractivity contribution in [1.29, 1.82) is 0 Å². The van der Waals surface area contributed by atoms with Gasteiger partial charge in [-0.15, -0.1) is 11.3 Å². The fourth-order valence-electron chi connectivity index (χ4n) is 4.00. The highest BCUT2D eigenvalue weighted by Gasteiger charge is 2.29. The molecule has 29 heavy (non-hydrogen) atoms. The molecule has 3 heterocycles. The van der Waals surface area contributed by atoms with E-state index in [2.05, 4.69) is 15.9 Å². The van der Waals surface area contributed by atoms with Crippen LogP contribution in [0.1, 0.15) is 11.8 Å². The molecule has 0 bridgehead atoms. The van der Waals surface area contributed by atoms with Crippen molar-refractivity contribution in [3.63, 3.8) is 0 Å². The van der Waals surface area contributed by atoms with E-state index in [0.29, 0.717) is 31.9 Å². The Balaban J connectivity index is 1.29. The molecule has 2 aromatic rings. The number of rotatable bonds is 5. The van der Waals surface area contributed by atoms with E-state index >= 15 is 0 Å². The van der Waals surface area contributed by atoms with Gasteiger partial charge < -0.3 is 9.64 Å². The van der Waals surface area contributed by atoms with Crippen molar-refractivity contribution in [1.82, 2.24) is 14.7 Å². The Hall–Kier alpha value is -1.80. The zero-order chi connectivity index (χ0) is 20.2. The minimum Gasteiger partial charge on any atom is -0.378 e. The number of carbonyl (C=O) groups is 1. The number of morpholine rings is 1. The Morgan fingerprint density at radius 1 is 1.07 bits per heavy atom. The van der Waals surface area contributed by atoms with Gasteiger partial charge >= 0.3 is 0 Å². The number of hydrogen-bond donors (Lipinski definition) is 0. The van der Waals surface area contributed by atoms with Gasteiger partial charge in [0.05, 0.1) is 19.3 Å². The first-order valence-electron chi connectivity index (χ1n) is 10.3. The minimum atomic E-state index is -0.173. The summed E-state index contributed by atoms with van der Waals surface area (Å²) in [6.07, 6.45) is 0. The summed E-state index contributed by atoms with van der Waals surface area (Å²) in [4.78, 5) is 21.6. The fraction of sp³-hybridized carbons (Fsp3) is 0.500. The van der Waals surface area contributed by atoms with Gasteiger partial charge in [-0.05, 0) is 25.1 Å². The van der Waals surface area contributed by atoms with Crippen LogP contribution in [0.25, 0.3) is 10.4 Å². The molecule has 1 aromatic carbocycles. The van der Waals surface area contributed by atoms with Crippen molar-refractivity contribution >= 4 is 17.2 Å². The lowest BCUT2D eigenvalue weighted by Gasteiger charge is -2.39. The van der Waals surface area contributed by atoms with Gasteiger partial charge in [0.25, 0.3) is 0 Å². The molecule has 1 atom stereocenters. The highest BCUT2D eigenvalue weighted by Crippen LogP contribution is 2.30. The van der Waals surface area contributed by atoms with Crippen molar-refractivity contribution in [2.24, 2.45) is 0 Å². The van der Waals surface area contributed by atoms with E-state index in [1.807, 2.05) is 30.0 Å². The van der Waals surface area contributed by atoms with E-state index in [-0.39, 0.29) is 17.8 Å². The Labute approximate surface area is 175 Å². The monoisotopic (exact) mass is 417 g/mol. The topological polar surface area (TPSA) is 36.0 Å². The van der Waals surface area contributed by atoms with Crippen molar-refractivity contribution in [2.75, 3.05) is 52.5 Å². The predicted molar refractivity (Wildman–Crippen MR) is 113 cm³/mol. The third-order valence-corrected chi connectivity index (χ3v) is 6.92. The molecule has 4 rings (SSSR count). The number of piperazine rings is 1. The molecule has 2 saturated heterocycles. The average Bonchev–Trinajstić information content (AvgIpc) is 3.22. The van der Waals surface area contributed by atoms with Crippen LogP contribution in [0.5, 0.6) is 0 Å². The molecule has 7 heteroatoms. The van der Waals surface area contributed by atoms with E-state index in [4.69, 9.17) is 4.74 Å². The van der Waals surface area contributed by atoms with Crippen LogP contribution in [0.15, 0.2) is 36.4 Å². The molecule has 156 valence electrons. The van der Waals surface area contributed by atoms with E-state index in [0.717, 1.165) is 37.6 Å². The SMILES string of the molecule is C[C@@H](C(=O)N1CCOCC1)N1CCN(Cc2ccc(-c3ccccc3F)s2)CC1. The molecule has 0 radical (unpaired) electrons. The van der Waals surface area contributed by atoms with Crippen molar-refractivity contribution in [3.05, 3.63) is 47.1 Å². The molecule has 1 amide bonds. The first-order chi connectivity index (χ1) is 14.1. The largest absolute Gasteiger partial charge is 0.378 e. The van der Waals surface area contributed by atoms with Gasteiger partial charge in [0.2, 0.25) is 5.91 Å². The van der Waals surface area contributed by atoms with Crippen LogP contribution in [0.3, 0.4) is 0 Å². The van der Waals surface area contributed by atoms with Crippen LogP contribution in [-0.4, -0.2) is 79.1 Å². The first-order valence-corrected chi connectivity index (χ1v) is 11.1. The molecule has 0 aliphatic carbocycles. The molecule has 2 aliphatic rings. The quantitative estimate of drug-likeness (QED) is 0.750. The number of hydrogen-bond acceptors (Lipinski definition) is 5. The molecule has 2 fully saturated rings. The van der Waals surface area contributed by atoms with E-state index in [1.54, 1.807) is 17.4 Å². The fourth-order valence-corrected chi connectivity index (χ4v) is 5.08. The molecule has 2 aliphatic heterocycles. The van der Waals surface area contributed by atoms with Crippen molar-refractivity contribution in [3.8, 4) is 10.4 Å². The predicted octanol–water partition coefficient (Wildman–Crippen LogP) is 2.92. The van der Waals surface area contributed by atoms with Crippen molar-refractivity contribution in [2.45, 2.75) is 19.5 Å². The maximum atomic E-state index is 14.0. The Bertz CT molecular complexity index is 829. The standard InChI is InChI=1S/C22H28FN3O2S/c1-17(22(27)26-12-14-28-15-13-26)25-10-8-24(9-11-25)16-18-6-7-21(29-18)19-4-2-3-5-20(19)23/h2-7,17H,8-16H2,1H3/t17-/m0/s1. The molecule has 0 saturated carbocycles. The van der Waals surface area contributed by atoms with E-state index in [9.17, 15) is 9.18 Å². The second-order valence-corrected chi connectivity index (χ2v) is 8.84. The Morgan fingerprint density at radius 3 is 2.52 bits per heavy atom. The van der Waals surface area contributed by atoms with Crippen LogP contribution >= 0.6 is 11.3 Å². The number of benzene rings is 1. The van der Waals surface area contributed by atoms with Gasteiger partial charge in [-0.1, -0.05) is 18.2 Å². The lowest BCUT2D eigenvalue weighted by atomic mass is 10.2. The second-order valence-electron chi connectivity index (χ2n) is 7.67. The number of amides is 1. The summed E-state index contributed by atoms with van der Waals surface area (Å²) in [5.41, 5.74) is 0.670. The smallest absolute Gasteiger partial charge is 0.239 e. The molecule has 0 unspecified atom stereocenters. The summed E-state index contributed by atoms with van der Waals surface area (Å²) in [7, 11) is 0. The molecular formula is C22H28FN3O2S. The molecule has 1 aromatic heterocycles. The normalized spacial score (nSPS) is 20.0. The first kappa shape index (κ1) is 20.5. The van der Waals surface area contributed by atoms with Crippen LogP contribution in [0.2, 0.25) is 0 Å². The van der Waals surface area contributed by atoms with Crippen LogP contribution in [0.4, 0.5) is 4.39 Å². The third kappa shape index (κ3) is 4.86. The number of ether oxygens (including phenoxy) is 1. The molecule has 5 nitrogen and oxygen atoms in total. The zero-order valence-electron chi connectivity index (χ0n) is 16.8.